The number of fused-ring (bicyclic) bond motifs is 1. The van der Waals surface area contributed by atoms with Crippen LogP contribution in [0.4, 0.5) is 0 Å². The Hall–Kier alpha value is -3.38. The van der Waals surface area contributed by atoms with E-state index < -0.39 is 0 Å². The first-order valence-corrected chi connectivity index (χ1v) is 13.1. The van der Waals surface area contributed by atoms with Crippen molar-refractivity contribution in [2.24, 2.45) is 11.8 Å². The molecule has 2 N–H and O–H groups in total. The Balaban J connectivity index is 1.39. The molecule has 0 radical (unpaired) electrons. The van der Waals surface area contributed by atoms with Crippen LogP contribution in [0.1, 0.15) is 44.0 Å². The Labute approximate surface area is 213 Å². The first kappa shape index (κ1) is 24.3. The van der Waals surface area contributed by atoms with Gasteiger partial charge in [-0.3, -0.25) is 0 Å². The van der Waals surface area contributed by atoms with Crippen LogP contribution in [-0.2, 0) is 0 Å². The first-order valence-electron chi connectivity index (χ1n) is 13.1. The number of imidazole rings is 2. The number of rotatable bonds is 8. The fourth-order valence-corrected chi connectivity index (χ4v) is 5.62. The molecule has 2 aromatic carbocycles. The maximum atomic E-state index is 5.56. The highest BCUT2D eigenvalue weighted by Crippen LogP contribution is 2.37. The summed E-state index contributed by atoms with van der Waals surface area (Å²) in [6.07, 6.45) is 4.61. The van der Waals surface area contributed by atoms with E-state index in [-0.39, 0.29) is 0 Å². The molecule has 0 bridgehead atoms. The molecule has 188 valence electrons. The third-order valence-electron chi connectivity index (χ3n) is 7.70. The van der Waals surface area contributed by atoms with E-state index in [0.717, 1.165) is 64.0 Å². The van der Waals surface area contributed by atoms with Gasteiger partial charge in [-0.05, 0) is 101 Å². The highest BCUT2D eigenvalue weighted by Gasteiger charge is 2.30. The second kappa shape index (κ2) is 10.3. The smallest absolute Gasteiger partial charge is 0.138 e. The van der Waals surface area contributed by atoms with Crippen LogP contribution in [0.2, 0.25) is 0 Å². The maximum absolute atomic E-state index is 5.56. The number of aryl methyl sites for hydroxylation is 1. The summed E-state index contributed by atoms with van der Waals surface area (Å²) in [5, 5.41) is 0. The van der Waals surface area contributed by atoms with E-state index in [1.807, 2.05) is 31.2 Å². The van der Waals surface area contributed by atoms with Gasteiger partial charge in [0.1, 0.15) is 17.4 Å². The number of piperidine rings is 1. The van der Waals surface area contributed by atoms with Gasteiger partial charge >= 0.3 is 0 Å². The SMILES string of the molecule is C=CC(C1CCN(C)CC1)C(C)c1nc(-c2ccc3nc(-c4ccc(OCC)cc4)[nH]c3c2)[nH]c1C. The number of aromatic amines is 2. The fraction of sp³-hybridized carbons (Fsp3) is 0.400. The molecule has 6 nitrogen and oxygen atoms in total. The van der Waals surface area contributed by atoms with Crippen LogP contribution in [-0.4, -0.2) is 51.6 Å². The highest BCUT2D eigenvalue weighted by atomic mass is 16.5. The second-order valence-corrected chi connectivity index (χ2v) is 10.1. The van der Waals surface area contributed by atoms with Crippen molar-refractivity contribution in [1.29, 1.82) is 0 Å². The molecule has 2 unspecified atom stereocenters. The van der Waals surface area contributed by atoms with Gasteiger partial charge in [-0.1, -0.05) is 13.0 Å². The van der Waals surface area contributed by atoms with Crippen molar-refractivity contribution in [1.82, 2.24) is 24.8 Å². The van der Waals surface area contributed by atoms with Crippen molar-refractivity contribution in [3.8, 4) is 28.5 Å². The topological polar surface area (TPSA) is 69.8 Å². The lowest BCUT2D eigenvalue weighted by molar-refractivity contribution is 0.178. The molecule has 2 atom stereocenters. The Morgan fingerprint density at radius 2 is 1.75 bits per heavy atom. The Morgan fingerprint density at radius 3 is 2.44 bits per heavy atom. The second-order valence-electron chi connectivity index (χ2n) is 10.1. The zero-order valence-corrected chi connectivity index (χ0v) is 21.8. The molecule has 1 aliphatic rings. The number of nitrogens with zero attached hydrogens (tertiary/aromatic N) is 3. The summed E-state index contributed by atoms with van der Waals surface area (Å²) in [6, 6.07) is 14.3. The van der Waals surface area contributed by atoms with Gasteiger partial charge in [0, 0.05) is 22.7 Å². The molecule has 6 heteroatoms. The summed E-state index contributed by atoms with van der Waals surface area (Å²) in [7, 11) is 2.21. The van der Waals surface area contributed by atoms with E-state index in [4.69, 9.17) is 14.7 Å². The van der Waals surface area contributed by atoms with Crippen LogP contribution in [0, 0.1) is 18.8 Å². The van der Waals surface area contributed by atoms with Crippen LogP contribution in [0.3, 0.4) is 0 Å². The molecular formula is C30H37N5O. The number of aromatic nitrogens is 4. The summed E-state index contributed by atoms with van der Waals surface area (Å²) < 4.78 is 5.56. The normalized spacial score (nSPS) is 16.8. The quantitative estimate of drug-likeness (QED) is 0.278. The third-order valence-corrected chi connectivity index (χ3v) is 7.70. The Kier molecular flexibility index (Phi) is 6.97. The van der Waals surface area contributed by atoms with Crippen molar-refractivity contribution in [3.05, 3.63) is 66.5 Å². The number of allylic oxidation sites excluding steroid dienone is 1. The number of H-pyrrole nitrogens is 2. The van der Waals surface area contributed by atoms with E-state index in [0.29, 0.717) is 24.4 Å². The zero-order valence-electron chi connectivity index (χ0n) is 21.8. The molecule has 36 heavy (non-hydrogen) atoms. The van der Waals surface area contributed by atoms with Crippen molar-refractivity contribution in [2.45, 2.75) is 39.5 Å². The summed E-state index contributed by atoms with van der Waals surface area (Å²) in [5.74, 6) is 4.04. The fourth-order valence-electron chi connectivity index (χ4n) is 5.62. The predicted molar refractivity (Wildman–Crippen MR) is 147 cm³/mol. The summed E-state index contributed by atoms with van der Waals surface area (Å²) in [5.41, 5.74) is 6.31. The summed E-state index contributed by atoms with van der Waals surface area (Å²) in [6.45, 7) is 13.6. The molecule has 0 amide bonds. The summed E-state index contributed by atoms with van der Waals surface area (Å²) >= 11 is 0. The lowest BCUT2D eigenvalue weighted by atomic mass is 9.76. The zero-order chi connectivity index (χ0) is 25.2. The third kappa shape index (κ3) is 4.82. The van der Waals surface area contributed by atoms with E-state index >= 15 is 0 Å². The Morgan fingerprint density at radius 1 is 1.06 bits per heavy atom. The predicted octanol–water partition coefficient (Wildman–Crippen LogP) is 6.57. The van der Waals surface area contributed by atoms with Gasteiger partial charge in [-0.2, -0.15) is 0 Å². The minimum Gasteiger partial charge on any atom is -0.494 e. The van der Waals surface area contributed by atoms with Gasteiger partial charge in [0.25, 0.3) is 0 Å². The molecule has 1 aliphatic heterocycles. The number of ether oxygens (including phenoxy) is 1. The molecule has 1 saturated heterocycles. The lowest BCUT2D eigenvalue weighted by Gasteiger charge is -2.35. The highest BCUT2D eigenvalue weighted by molar-refractivity contribution is 5.83. The minimum absolute atomic E-state index is 0.322. The molecule has 0 saturated carbocycles. The number of hydrogen-bond acceptors (Lipinski definition) is 4. The van der Waals surface area contributed by atoms with Crippen LogP contribution in [0.15, 0.2) is 55.1 Å². The molecule has 1 fully saturated rings. The molecular weight excluding hydrogens is 446 g/mol. The molecule has 2 aromatic heterocycles. The standard InChI is InChI=1S/C30H37N5O/c1-6-25(21-14-16-35(5)17-15-21)19(3)28-20(4)31-30(34-28)23-10-13-26-27(18-23)33-29(32-26)22-8-11-24(12-9-22)36-7-2/h6,8-13,18-19,21,25H,1,7,14-17H2,2-5H3,(H,31,34)(H,32,33). The van der Waals surface area contributed by atoms with Crippen molar-refractivity contribution in [2.75, 3.05) is 26.7 Å². The average Bonchev–Trinajstić information content (AvgIpc) is 3.49. The largest absolute Gasteiger partial charge is 0.494 e. The van der Waals surface area contributed by atoms with Gasteiger partial charge in [0.05, 0.1) is 23.3 Å². The molecule has 0 aliphatic carbocycles. The minimum atomic E-state index is 0.322. The van der Waals surface area contributed by atoms with Crippen LogP contribution < -0.4 is 4.74 Å². The van der Waals surface area contributed by atoms with Gasteiger partial charge in [0.2, 0.25) is 0 Å². The van der Waals surface area contributed by atoms with Crippen molar-refractivity contribution in [3.63, 3.8) is 0 Å². The van der Waals surface area contributed by atoms with Gasteiger partial charge in [-0.15, -0.1) is 6.58 Å². The van der Waals surface area contributed by atoms with E-state index in [1.165, 1.54) is 12.8 Å². The molecule has 4 aromatic rings. The van der Waals surface area contributed by atoms with Gasteiger partial charge in [0.15, 0.2) is 0 Å². The van der Waals surface area contributed by atoms with Crippen molar-refractivity contribution >= 4 is 11.0 Å². The van der Waals surface area contributed by atoms with Gasteiger partial charge < -0.3 is 19.6 Å². The van der Waals surface area contributed by atoms with Gasteiger partial charge in [-0.25, -0.2) is 9.97 Å². The molecule has 5 rings (SSSR count). The summed E-state index contributed by atoms with van der Waals surface area (Å²) in [4.78, 5) is 19.3. The Bertz CT molecular complexity index is 1330. The number of hydrogen-bond donors (Lipinski definition) is 2. The number of benzene rings is 2. The lowest BCUT2D eigenvalue weighted by Crippen LogP contribution is -2.34. The van der Waals surface area contributed by atoms with E-state index in [9.17, 15) is 0 Å². The monoisotopic (exact) mass is 483 g/mol. The first-order chi connectivity index (χ1) is 17.5. The van der Waals surface area contributed by atoms with Crippen LogP contribution in [0.25, 0.3) is 33.8 Å². The average molecular weight is 484 g/mol. The number of nitrogens with one attached hydrogen (secondary N) is 2. The van der Waals surface area contributed by atoms with Crippen molar-refractivity contribution < 1.29 is 4.74 Å². The molecule has 3 heterocycles. The maximum Gasteiger partial charge on any atom is 0.138 e. The van der Waals surface area contributed by atoms with E-state index in [1.54, 1.807) is 0 Å². The number of likely N-dealkylation sites (tertiary alicyclic amines) is 1. The van der Waals surface area contributed by atoms with E-state index in [2.05, 4.69) is 66.6 Å². The van der Waals surface area contributed by atoms with Crippen LogP contribution in [0.5, 0.6) is 5.75 Å². The van der Waals surface area contributed by atoms with Crippen LogP contribution >= 0.6 is 0 Å². The molecule has 0 spiro atoms.